The molecule has 0 bridgehead atoms. The predicted octanol–water partition coefficient (Wildman–Crippen LogP) is 1.77. The maximum Gasteiger partial charge on any atom is 0.490 e. The van der Waals surface area contributed by atoms with E-state index in [9.17, 15) is 34.8 Å². The molecule has 11 nitrogen and oxygen atoms in total. The molecule has 3 fully saturated rings. The van der Waals surface area contributed by atoms with Gasteiger partial charge >= 0.3 is 12.1 Å². The van der Waals surface area contributed by atoms with E-state index in [1.807, 2.05) is 0 Å². The molecule has 3 heterocycles. The zero-order valence-corrected chi connectivity index (χ0v) is 22.9. The van der Waals surface area contributed by atoms with Crippen LogP contribution in [0.4, 0.5) is 13.2 Å². The van der Waals surface area contributed by atoms with Crippen molar-refractivity contribution in [1.82, 2.24) is 13.6 Å². The van der Waals surface area contributed by atoms with Crippen molar-refractivity contribution in [3.8, 4) is 0 Å². The second kappa shape index (κ2) is 11.9. The number of hydrogen-bond donors (Lipinski definition) is 1. The van der Waals surface area contributed by atoms with Crippen molar-refractivity contribution in [3.63, 3.8) is 0 Å². The predicted molar refractivity (Wildman–Crippen MR) is 132 cm³/mol. The topological polar surface area (TPSA) is 149 Å². The van der Waals surface area contributed by atoms with E-state index in [1.54, 1.807) is 0 Å². The Morgan fingerprint density at radius 3 is 2.44 bits per heavy atom. The number of halogens is 3. The summed E-state index contributed by atoms with van der Waals surface area (Å²) in [6.45, 7) is 1.06. The fraction of sp³-hybridized carbons (Fsp3) is 0.739. The van der Waals surface area contributed by atoms with Gasteiger partial charge in [-0.2, -0.15) is 30.2 Å². The highest BCUT2D eigenvalue weighted by atomic mass is 32.2. The van der Waals surface area contributed by atoms with Crippen LogP contribution in [0.15, 0.2) is 23.4 Å². The van der Waals surface area contributed by atoms with Gasteiger partial charge in [-0.05, 0) is 30.4 Å². The van der Waals surface area contributed by atoms with Crippen molar-refractivity contribution in [1.29, 1.82) is 0 Å². The first-order valence-electron chi connectivity index (χ1n) is 12.9. The van der Waals surface area contributed by atoms with E-state index < -0.39 is 55.2 Å². The Labute approximate surface area is 225 Å². The monoisotopic (exact) mass is 598 g/mol. The van der Waals surface area contributed by atoms with Crippen LogP contribution >= 0.6 is 0 Å². The summed E-state index contributed by atoms with van der Waals surface area (Å²) in [6.07, 6.45) is -0.586. The number of ether oxygens (including phenoxy) is 2. The molecule has 1 aromatic heterocycles. The van der Waals surface area contributed by atoms with Crippen molar-refractivity contribution in [2.75, 3.05) is 38.6 Å². The molecule has 4 rings (SSSR count). The number of hydrogen-bond acceptors (Lipinski definition) is 9. The molecular weight excluding hydrogens is 565 g/mol. The first-order valence-corrected chi connectivity index (χ1v) is 15.9. The second-order valence-corrected chi connectivity index (χ2v) is 14.0. The number of pyridine rings is 1. The minimum atomic E-state index is -5.27. The molecule has 2 saturated heterocycles. The molecule has 220 valence electrons. The van der Waals surface area contributed by atoms with Crippen LogP contribution in [0, 0.1) is 11.8 Å². The van der Waals surface area contributed by atoms with Crippen molar-refractivity contribution in [3.05, 3.63) is 23.9 Å². The number of aromatic nitrogens is 1. The highest BCUT2D eigenvalue weighted by Gasteiger charge is 2.47. The number of sulfone groups is 1. The molecule has 3 atom stereocenters. The molecule has 2 N–H and O–H groups in total. The molecular formula is C23H33F3N4O7S2. The van der Waals surface area contributed by atoms with Crippen molar-refractivity contribution >= 4 is 26.0 Å². The summed E-state index contributed by atoms with van der Waals surface area (Å²) >= 11 is 0. The van der Waals surface area contributed by atoms with Crippen LogP contribution in [0.2, 0.25) is 0 Å². The van der Waals surface area contributed by atoms with Gasteiger partial charge in [-0.3, -0.25) is 5.73 Å². The number of nitrogens with zero attached hydrogens (tertiary/aromatic N) is 3. The number of rotatable bonds is 8. The normalized spacial score (nSPS) is 25.4. The maximum absolute atomic E-state index is 13.6. The van der Waals surface area contributed by atoms with E-state index in [0.717, 1.165) is 50.4 Å². The van der Waals surface area contributed by atoms with Crippen LogP contribution in [-0.4, -0.2) is 87.2 Å². The third-order valence-electron chi connectivity index (χ3n) is 7.59. The summed E-state index contributed by atoms with van der Waals surface area (Å²) in [7, 11) is -8.18. The fourth-order valence-corrected chi connectivity index (χ4v) is 9.04. The van der Waals surface area contributed by atoms with Gasteiger partial charge in [0.1, 0.15) is 0 Å². The highest BCUT2D eigenvalue weighted by Crippen LogP contribution is 2.40. The van der Waals surface area contributed by atoms with Crippen LogP contribution < -0.4 is 5.73 Å². The lowest BCUT2D eigenvalue weighted by atomic mass is 9.79. The second-order valence-electron chi connectivity index (χ2n) is 10.2. The summed E-state index contributed by atoms with van der Waals surface area (Å²) in [4.78, 5) is 15.0. The molecule has 0 amide bonds. The Morgan fingerprint density at radius 1 is 1.13 bits per heavy atom. The number of carbonyl (C=O) groups is 1. The summed E-state index contributed by atoms with van der Waals surface area (Å²) in [5.41, 5.74) is 5.36. The Hall–Kier alpha value is -1.85. The molecule has 0 radical (unpaired) electrons. The smallest absolute Gasteiger partial charge is 0.436 e. The summed E-state index contributed by atoms with van der Waals surface area (Å²) < 4.78 is 104. The van der Waals surface area contributed by atoms with Crippen LogP contribution in [-0.2, 0) is 34.3 Å². The molecule has 0 spiro atoms. The zero-order valence-electron chi connectivity index (χ0n) is 21.3. The number of morpholine rings is 1. The summed E-state index contributed by atoms with van der Waals surface area (Å²) in [5.74, 6) is -2.76. The first kappa shape index (κ1) is 30.1. The number of alkyl halides is 3. The van der Waals surface area contributed by atoms with Gasteiger partial charge in [-0.1, -0.05) is 32.1 Å². The van der Waals surface area contributed by atoms with Gasteiger partial charge in [0.05, 0.1) is 19.0 Å². The summed E-state index contributed by atoms with van der Waals surface area (Å²) in [5, 5.41) is -0.497. The molecule has 1 saturated carbocycles. The lowest BCUT2D eigenvalue weighted by Gasteiger charge is -2.33. The minimum absolute atomic E-state index is 0.0100. The Kier molecular flexibility index (Phi) is 9.22. The lowest BCUT2D eigenvalue weighted by Crippen LogP contribution is -2.51. The molecule has 3 aliphatic rings. The number of nitrogens with two attached hydrogens (primary N) is 1. The highest BCUT2D eigenvalue weighted by molar-refractivity contribution is 7.91. The van der Waals surface area contributed by atoms with E-state index in [-0.39, 0.29) is 44.3 Å². The minimum Gasteiger partial charge on any atom is -0.436 e. The molecule has 0 aromatic carbocycles. The number of esters is 1. The summed E-state index contributed by atoms with van der Waals surface area (Å²) in [6, 6.07) is 1.23. The third kappa shape index (κ3) is 7.08. The SMILES string of the molecule is NC(OC(=O)C(F)(F)F)c1ccnc(S(=O)(=O)C[C@@H]2CC(C3CCCCC3)CN2S(=O)(=O)N2CCOCC2)c1. The third-order valence-corrected chi connectivity index (χ3v) is 11.3. The molecule has 16 heteroatoms. The van der Waals surface area contributed by atoms with E-state index in [0.29, 0.717) is 12.3 Å². The Balaban J connectivity index is 1.56. The largest absolute Gasteiger partial charge is 0.490 e. The number of carbonyl (C=O) groups excluding carboxylic acids is 1. The Bertz CT molecular complexity index is 1230. The van der Waals surface area contributed by atoms with E-state index in [1.165, 1.54) is 8.61 Å². The molecule has 1 aliphatic carbocycles. The van der Waals surface area contributed by atoms with Crippen LogP contribution in [0.1, 0.15) is 50.3 Å². The van der Waals surface area contributed by atoms with Gasteiger partial charge < -0.3 is 9.47 Å². The van der Waals surface area contributed by atoms with Gasteiger partial charge in [0, 0.05) is 37.4 Å². The molecule has 39 heavy (non-hydrogen) atoms. The van der Waals surface area contributed by atoms with Gasteiger partial charge in [-0.15, -0.1) is 0 Å². The molecule has 1 aromatic rings. The van der Waals surface area contributed by atoms with E-state index >= 15 is 0 Å². The first-order chi connectivity index (χ1) is 18.3. The lowest BCUT2D eigenvalue weighted by molar-refractivity contribution is -0.205. The van der Waals surface area contributed by atoms with Gasteiger partial charge in [-0.25, -0.2) is 18.2 Å². The zero-order chi connectivity index (χ0) is 28.4. The van der Waals surface area contributed by atoms with Crippen LogP contribution in [0.3, 0.4) is 0 Å². The van der Waals surface area contributed by atoms with Crippen LogP contribution in [0.5, 0.6) is 0 Å². The molecule has 2 unspecified atom stereocenters. The van der Waals surface area contributed by atoms with E-state index in [4.69, 9.17) is 10.5 Å². The van der Waals surface area contributed by atoms with Crippen LogP contribution in [0.25, 0.3) is 0 Å². The fourth-order valence-electron chi connectivity index (χ4n) is 5.59. The Morgan fingerprint density at radius 2 is 1.79 bits per heavy atom. The standard InChI is InChI=1S/C23H33F3N4O7S2/c24-23(25,26)22(31)37-21(27)17-6-7-28-20(13-17)38(32,33)15-19-12-18(16-4-2-1-3-5-16)14-30(19)39(34,35)29-8-10-36-11-9-29/h6-7,13,16,18-19,21H,1-5,8-12,14-15,27H2/t18?,19-,21?/m0/s1. The quantitative estimate of drug-likeness (QED) is 0.349. The van der Waals surface area contributed by atoms with Gasteiger partial charge in [0.25, 0.3) is 10.2 Å². The molecule has 2 aliphatic heterocycles. The average Bonchev–Trinajstić information content (AvgIpc) is 3.33. The van der Waals surface area contributed by atoms with Gasteiger partial charge in [0.15, 0.2) is 21.1 Å². The average molecular weight is 599 g/mol. The van der Waals surface area contributed by atoms with Crippen molar-refractivity contribution in [2.24, 2.45) is 17.6 Å². The maximum atomic E-state index is 13.6. The van der Waals surface area contributed by atoms with E-state index in [2.05, 4.69) is 9.72 Å². The van der Waals surface area contributed by atoms with Gasteiger partial charge in [0.2, 0.25) is 0 Å². The van der Waals surface area contributed by atoms with Crippen molar-refractivity contribution < 1.29 is 44.3 Å². The van der Waals surface area contributed by atoms with Crippen molar-refractivity contribution in [2.45, 2.75) is 62.0 Å².